The Balaban J connectivity index is 1.17. The number of thiazole rings is 2. The van der Waals surface area contributed by atoms with Crippen LogP contribution in [0.4, 0.5) is 10.3 Å². The molecule has 74 heavy (non-hydrogen) atoms. The van der Waals surface area contributed by atoms with Crippen LogP contribution in [0.1, 0.15) is 39.1 Å². The molecule has 0 aromatic carbocycles. The molecular weight excluding hydrogens is 1050 g/mol. The lowest BCUT2D eigenvalue weighted by Gasteiger charge is -2.50. The molecular formula is C44H44N12O14S4. The van der Waals surface area contributed by atoms with E-state index in [1.165, 1.54) is 22.5 Å². The van der Waals surface area contributed by atoms with Gasteiger partial charge >= 0.3 is 11.9 Å². The summed E-state index contributed by atoms with van der Waals surface area (Å²) in [4.78, 5) is 125. The minimum Gasteiger partial charge on any atom is -0.543 e. The van der Waals surface area contributed by atoms with Crippen LogP contribution in [0.3, 0.4) is 0 Å². The largest absolute Gasteiger partial charge is 0.543 e. The van der Waals surface area contributed by atoms with Crippen molar-refractivity contribution >= 4 is 115 Å². The van der Waals surface area contributed by atoms with Crippen molar-refractivity contribution in [2.24, 2.45) is 10.3 Å². The third-order valence-corrected chi connectivity index (χ3v) is 14.9. The Morgan fingerprint density at radius 1 is 0.811 bits per heavy atom. The first-order valence-corrected chi connectivity index (χ1v) is 25.6. The molecule has 4 amide bonds. The van der Waals surface area contributed by atoms with Crippen molar-refractivity contribution in [3.63, 3.8) is 0 Å². The van der Waals surface area contributed by atoms with Crippen molar-refractivity contribution in [1.82, 2.24) is 30.8 Å². The van der Waals surface area contributed by atoms with Crippen LogP contribution in [0, 0.1) is 0 Å². The average molecular weight is 1090 g/mol. The Morgan fingerprint density at radius 2 is 1.35 bits per heavy atom. The summed E-state index contributed by atoms with van der Waals surface area (Å²) in [5.74, 6) is -10.1. The zero-order chi connectivity index (χ0) is 53.6. The normalized spacial score (nSPS) is 18.5. The smallest absolute Gasteiger partial charge is 0.350 e. The highest BCUT2D eigenvalue weighted by atomic mass is 32.2. The van der Waals surface area contributed by atoms with E-state index < -0.39 is 93.0 Å². The summed E-state index contributed by atoms with van der Waals surface area (Å²) >= 11 is 3.83. The van der Waals surface area contributed by atoms with Crippen LogP contribution in [0.25, 0.3) is 0 Å². The van der Waals surface area contributed by atoms with Crippen LogP contribution in [0.15, 0.2) is 105 Å². The number of carbonyl (C=O) groups excluding carboxylic acids is 6. The number of fused-ring (bicyclic) bond motifs is 1. The first-order valence-electron chi connectivity index (χ1n) is 21.7. The van der Waals surface area contributed by atoms with Crippen molar-refractivity contribution in [2.45, 2.75) is 74.8 Å². The summed E-state index contributed by atoms with van der Waals surface area (Å²) in [7, 11) is 0. The number of nitrogens with zero attached hydrogens (tertiary/aromatic N) is 7. The van der Waals surface area contributed by atoms with Gasteiger partial charge in [0.25, 0.3) is 23.6 Å². The van der Waals surface area contributed by atoms with E-state index in [-0.39, 0.29) is 57.6 Å². The number of amides is 4. The predicted octanol–water partition coefficient (Wildman–Crippen LogP) is -2.48. The third-order valence-electron chi connectivity index (χ3n) is 10.9. The van der Waals surface area contributed by atoms with Gasteiger partial charge in [0, 0.05) is 57.7 Å². The van der Waals surface area contributed by atoms with E-state index in [1.54, 1.807) is 70.3 Å². The van der Waals surface area contributed by atoms with Crippen LogP contribution in [-0.4, -0.2) is 130 Å². The molecule has 4 aromatic rings. The predicted molar refractivity (Wildman–Crippen MR) is 260 cm³/mol. The van der Waals surface area contributed by atoms with Gasteiger partial charge in [0.1, 0.15) is 34.2 Å². The van der Waals surface area contributed by atoms with E-state index in [1.807, 2.05) is 0 Å². The summed E-state index contributed by atoms with van der Waals surface area (Å²) in [6.45, 7) is 4.84. The number of carboxylic acid groups (broad SMARTS) is 4. The van der Waals surface area contributed by atoms with Gasteiger partial charge in [0.05, 0.1) is 23.3 Å². The first-order chi connectivity index (χ1) is 35.0. The maximum atomic E-state index is 14.5. The molecule has 0 radical (unpaired) electrons. The van der Waals surface area contributed by atoms with Gasteiger partial charge in [-0.25, -0.2) is 28.7 Å². The number of pyridine rings is 2. The number of nitrogens with one attached hydrogen (secondary N) is 4. The summed E-state index contributed by atoms with van der Waals surface area (Å²) in [6, 6.07) is 7.47. The first kappa shape index (κ1) is 53.8. The zero-order valence-corrected chi connectivity index (χ0v) is 42.5. The number of thioether (sulfide) groups is 2. The van der Waals surface area contributed by atoms with E-state index in [0.29, 0.717) is 11.1 Å². The van der Waals surface area contributed by atoms with Gasteiger partial charge in [-0.15, -0.1) is 46.2 Å². The maximum absolute atomic E-state index is 14.5. The Hall–Kier alpha value is -7.96. The second-order valence-corrected chi connectivity index (χ2v) is 21.1. The Bertz CT molecular complexity index is 3030. The highest BCUT2D eigenvalue weighted by molar-refractivity contribution is 8.00. The molecule has 7 rings (SSSR count). The summed E-state index contributed by atoms with van der Waals surface area (Å²) in [5.41, 5.74) is 0.113. The molecule has 1 saturated heterocycles. The topological polar surface area (TPSA) is 377 Å². The number of β-lactam (4-membered cyclic amide) rings is 1. The van der Waals surface area contributed by atoms with Crippen LogP contribution >= 0.6 is 46.2 Å². The van der Waals surface area contributed by atoms with Crippen LogP contribution in [-0.2, 0) is 61.1 Å². The van der Waals surface area contributed by atoms with Gasteiger partial charge < -0.3 is 66.7 Å². The van der Waals surface area contributed by atoms with Gasteiger partial charge in [-0.3, -0.25) is 24.1 Å². The summed E-state index contributed by atoms with van der Waals surface area (Å²) in [6.07, 6.45) is 6.85. The van der Waals surface area contributed by atoms with Gasteiger partial charge in [0.2, 0.25) is 11.2 Å². The summed E-state index contributed by atoms with van der Waals surface area (Å²) < 4.78 is 3.43. The van der Waals surface area contributed by atoms with Crippen LogP contribution < -0.4 is 46.3 Å². The molecule has 7 heterocycles. The summed E-state index contributed by atoms with van der Waals surface area (Å²) in [5, 5.41) is 62.5. The lowest BCUT2D eigenvalue weighted by molar-refractivity contribution is -0.689. The van der Waals surface area contributed by atoms with Crippen LogP contribution in [0.5, 0.6) is 0 Å². The fourth-order valence-electron chi connectivity index (χ4n) is 6.89. The molecule has 30 heteroatoms. The zero-order valence-electron chi connectivity index (χ0n) is 39.2. The molecule has 3 aliphatic heterocycles. The number of nitrogens with two attached hydrogens (primary N) is 1. The number of hydrogen-bond acceptors (Lipinski definition) is 22. The van der Waals surface area contributed by atoms with E-state index in [9.17, 15) is 58.8 Å². The highest BCUT2D eigenvalue weighted by Crippen LogP contribution is 2.40. The molecule has 4 atom stereocenters. The number of anilines is 2. The molecule has 4 aromatic heterocycles. The number of aromatic nitrogens is 4. The molecule has 8 N–H and O–H groups in total. The van der Waals surface area contributed by atoms with Crippen molar-refractivity contribution in [1.29, 1.82) is 0 Å². The number of hydrogen-bond donors (Lipinski definition) is 7. The van der Waals surface area contributed by atoms with E-state index in [0.717, 1.165) is 67.0 Å². The quantitative estimate of drug-likeness (QED) is 0.0197. The standard InChI is InChI=1S/C44H44N12O14S4/c1-43(2,39(65)66)69-52-26(23-19-73-41(45)46-23)31(57)48-28(34-50-25(37(61)62)21(17-71-34)15-54-11-7-5-8-12-54)33(59)51-42-47-24(20-74-42)27(53-70-44(3,4)40(67)68)32(58)49-29-35(60)56-30(38(63)64)22(18-72-36(29)56)16-55-13-9-6-10-14-55/h5-14,19-20,28-29,34,36,50H,15-18H2,1-4H3,(H7-2,45,46,47,48,49,51,57,58,59,61,62,63,64,65,66,67,68)/b52-26-,53-27-/t28?,29-,34?,36-/m1/s1. The van der Waals surface area contributed by atoms with Gasteiger partial charge in [-0.2, -0.15) is 0 Å². The molecule has 0 aliphatic carbocycles. The van der Waals surface area contributed by atoms with Crippen molar-refractivity contribution in [3.8, 4) is 0 Å². The van der Waals surface area contributed by atoms with Gasteiger partial charge in [-0.1, -0.05) is 22.4 Å². The lowest BCUT2D eigenvalue weighted by atomic mass is 10.0. The van der Waals surface area contributed by atoms with E-state index >= 15 is 0 Å². The average Bonchev–Trinajstić information content (AvgIpc) is 4.01. The Morgan fingerprint density at radius 3 is 1.89 bits per heavy atom. The molecule has 3 aliphatic rings. The minimum atomic E-state index is -2.02. The third kappa shape index (κ3) is 12.3. The maximum Gasteiger partial charge on any atom is 0.350 e. The fraction of sp³-hybridized carbons (Fsp3) is 0.318. The fourth-order valence-corrected chi connectivity index (χ4v) is 10.7. The molecule has 0 spiro atoms. The second-order valence-electron chi connectivity index (χ2n) is 17.1. The number of carboxylic acids is 4. The molecule has 388 valence electrons. The Kier molecular flexibility index (Phi) is 16.3. The minimum absolute atomic E-state index is 0.00433. The van der Waals surface area contributed by atoms with Crippen molar-refractivity contribution < 1.29 is 77.6 Å². The molecule has 1 fully saturated rings. The number of aliphatic carboxylic acids is 4. The van der Waals surface area contributed by atoms with Crippen molar-refractivity contribution in [2.75, 3.05) is 22.6 Å². The number of oxime groups is 2. The highest BCUT2D eigenvalue weighted by Gasteiger charge is 2.53. The molecule has 0 saturated carbocycles. The SMILES string of the molecule is CC(C)(O/N=C(\C(=O)NC(C(=O)Nc1nc(/C(=N/OC(C)(C)C(=O)O)C(=O)N[C@@H]2C(=O)N3C(C(=O)[O-])=C(C[n+]4ccccc4)CS[C@H]23)cs1)C1NC(C(=O)[O-])=C(C[n+]2ccccc2)CS1)c1csc(N)n1)C(=O)O. The van der Waals surface area contributed by atoms with E-state index in [4.69, 9.17) is 15.4 Å². The Labute approximate surface area is 435 Å². The number of carbonyl (C=O) groups is 8. The molecule has 0 bridgehead atoms. The van der Waals surface area contributed by atoms with Gasteiger partial charge in [0.15, 0.2) is 59.6 Å². The second kappa shape index (κ2) is 22.4. The van der Waals surface area contributed by atoms with Gasteiger partial charge in [-0.05, 0) is 27.7 Å². The molecule has 26 nitrogen and oxygen atoms in total. The monoisotopic (exact) mass is 1090 g/mol. The van der Waals surface area contributed by atoms with Crippen LogP contribution in [0.2, 0.25) is 0 Å². The number of rotatable bonds is 21. The molecule has 2 unspecified atom stereocenters. The van der Waals surface area contributed by atoms with Crippen molar-refractivity contribution in [3.05, 3.63) is 106 Å². The lowest BCUT2D eigenvalue weighted by Crippen LogP contribution is -2.71. The number of nitrogen functional groups attached to an aromatic ring is 1. The van der Waals surface area contributed by atoms with E-state index in [2.05, 4.69) is 41.5 Å².